The molecule has 5 rings (SSSR count). The van der Waals surface area contributed by atoms with Crippen LogP contribution in [0.1, 0.15) is 58.6 Å². The van der Waals surface area contributed by atoms with E-state index >= 15 is 0 Å². The van der Waals surface area contributed by atoms with Crippen molar-refractivity contribution in [2.24, 2.45) is 5.92 Å². The van der Waals surface area contributed by atoms with Crippen molar-refractivity contribution in [1.29, 1.82) is 0 Å². The van der Waals surface area contributed by atoms with Gasteiger partial charge in [-0.2, -0.15) is 0 Å². The van der Waals surface area contributed by atoms with Gasteiger partial charge in [-0.1, -0.05) is 36.8 Å². The molecule has 176 valence electrons. The predicted molar refractivity (Wildman–Crippen MR) is 131 cm³/mol. The van der Waals surface area contributed by atoms with Gasteiger partial charge in [0, 0.05) is 36.7 Å². The van der Waals surface area contributed by atoms with Crippen molar-refractivity contribution >= 4 is 11.7 Å². The lowest BCUT2D eigenvalue weighted by Gasteiger charge is -2.31. The van der Waals surface area contributed by atoms with Gasteiger partial charge < -0.3 is 14.2 Å². The van der Waals surface area contributed by atoms with E-state index < -0.39 is 0 Å². The number of aromatic nitrogens is 2. The van der Waals surface area contributed by atoms with Crippen LogP contribution in [0.4, 0.5) is 0 Å². The Balaban J connectivity index is 1.32. The van der Waals surface area contributed by atoms with E-state index in [9.17, 15) is 9.59 Å². The number of amides is 1. The van der Waals surface area contributed by atoms with E-state index in [1.165, 1.54) is 6.42 Å². The highest BCUT2D eigenvalue weighted by Crippen LogP contribution is 2.29. The fraction of sp³-hybridized carbons (Fsp3) is 0.393. The fourth-order valence-electron chi connectivity index (χ4n) is 5.18. The molecule has 6 nitrogen and oxygen atoms in total. The van der Waals surface area contributed by atoms with Gasteiger partial charge in [-0.15, -0.1) is 0 Å². The van der Waals surface area contributed by atoms with Gasteiger partial charge in [0.1, 0.15) is 17.3 Å². The van der Waals surface area contributed by atoms with Crippen LogP contribution in [0.5, 0.6) is 5.75 Å². The van der Waals surface area contributed by atoms with Crippen LogP contribution >= 0.6 is 0 Å². The molecule has 1 aromatic heterocycles. The third-order valence-electron chi connectivity index (χ3n) is 7.13. The third-order valence-corrected chi connectivity index (χ3v) is 7.13. The second-order valence-electron chi connectivity index (χ2n) is 9.22. The summed E-state index contributed by atoms with van der Waals surface area (Å²) in [7, 11) is 1.62. The number of imidazole rings is 1. The lowest BCUT2D eigenvalue weighted by atomic mass is 9.88. The number of hydrogen-bond donors (Lipinski definition) is 0. The highest BCUT2D eigenvalue weighted by Gasteiger charge is 2.32. The highest BCUT2D eigenvalue weighted by atomic mass is 16.5. The molecule has 0 atom stereocenters. The van der Waals surface area contributed by atoms with Crippen molar-refractivity contribution in [2.75, 3.05) is 20.2 Å². The predicted octanol–water partition coefficient (Wildman–Crippen LogP) is 5.02. The first kappa shape index (κ1) is 22.4. The summed E-state index contributed by atoms with van der Waals surface area (Å²) in [6.07, 6.45) is 5.60. The quantitative estimate of drug-likeness (QED) is 0.505. The summed E-state index contributed by atoms with van der Waals surface area (Å²) in [6.45, 7) is 2.06. The number of nitrogens with zero attached hydrogens (tertiary/aromatic N) is 3. The zero-order valence-corrected chi connectivity index (χ0v) is 19.7. The van der Waals surface area contributed by atoms with Crippen LogP contribution in [0.2, 0.25) is 0 Å². The Kier molecular flexibility index (Phi) is 6.48. The van der Waals surface area contributed by atoms with Crippen LogP contribution in [0.25, 0.3) is 11.4 Å². The number of likely N-dealkylation sites (tertiary alicyclic amines) is 1. The molecule has 0 unspecified atom stereocenters. The van der Waals surface area contributed by atoms with E-state index in [1.54, 1.807) is 7.11 Å². The smallest absolute Gasteiger partial charge is 0.274 e. The van der Waals surface area contributed by atoms with Crippen molar-refractivity contribution in [1.82, 2.24) is 14.5 Å². The summed E-state index contributed by atoms with van der Waals surface area (Å²) in [5.74, 6) is 1.73. The van der Waals surface area contributed by atoms with Gasteiger partial charge in [0.15, 0.2) is 5.78 Å². The number of methoxy groups -OCH3 is 1. The van der Waals surface area contributed by atoms with Gasteiger partial charge in [0.05, 0.1) is 12.8 Å². The Bertz CT molecular complexity index is 1160. The van der Waals surface area contributed by atoms with Crippen molar-refractivity contribution < 1.29 is 14.3 Å². The van der Waals surface area contributed by atoms with Crippen molar-refractivity contribution in [3.63, 3.8) is 0 Å². The maximum absolute atomic E-state index is 13.6. The minimum absolute atomic E-state index is 0.00294. The first-order chi connectivity index (χ1) is 16.7. The summed E-state index contributed by atoms with van der Waals surface area (Å²) in [5, 5.41) is 0. The number of rotatable bonds is 5. The number of piperidine rings is 1. The molecule has 2 aliphatic rings. The molecule has 0 spiro atoms. The van der Waals surface area contributed by atoms with Gasteiger partial charge in [0.2, 0.25) is 0 Å². The number of ether oxygens (including phenoxy) is 1. The largest absolute Gasteiger partial charge is 0.497 e. The summed E-state index contributed by atoms with van der Waals surface area (Å²) in [4.78, 5) is 33.4. The molecular formula is C28H31N3O3. The molecule has 0 N–H and O–H groups in total. The van der Waals surface area contributed by atoms with Crippen LogP contribution < -0.4 is 4.74 Å². The molecule has 3 heterocycles. The van der Waals surface area contributed by atoms with E-state index in [1.807, 2.05) is 47.4 Å². The SMILES string of the molecule is COc1ccc(C(=O)C2CCN(C(=O)c3nc(-c4ccccc4)n4c3CCCCC4)CC2)cc1. The molecule has 34 heavy (non-hydrogen) atoms. The zero-order chi connectivity index (χ0) is 23.5. The molecule has 0 saturated carbocycles. The molecule has 6 heteroatoms. The number of fused-ring (bicyclic) bond motifs is 1. The molecule has 1 fully saturated rings. The molecule has 3 aromatic rings. The Morgan fingerprint density at radius 2 is 1.65 bits per heavy atom. The van der Waals surface area contributed by atoms with Crippen LogP contribution in [-0.2, 0) is 13.0 Å². The average Bonchev–Trinajstić information content (AvgIpc) is 3.09. The standard InChI is InChI=1S/C28H31N3O3/c1-34-23-13-11-20(12-14-23)26(32)21-15-18-30(19-16-21)28(33)25-24-10-6-3-7-17-31(24)27(29-25)22-8-4-2-5-9-22/h2,4-5,8-9,11-14,21H,3,6-7,10,15-19H2,1H3. The Hall–Kier alpha value is -3.41. The molecule has 2 aliphatic heterocycles. The lowest BCUT2D eigenvalue weighted by Crippen LogP contribution is -2.40. The first-order valence-electron chi connectivity index (χ1n) is 12.3. The second kappa shape index (κ2) is 9.84. The normalized spacial score (nSPS) is 16.6. The molecule has 1 amide bonds. The van der Waals surface area contributed by atoms with Gasteiger partial charge in [-0.3, -0.25) is 9.59 Å². The number of hydrogen-bond acceptors (Lipinski definition) is 4. The van der Waals surface area contributed by atoms with E-state index in [0.717, 1.165) is 48.6 Å². The maximum Gasteiger partial charge on any atom is 0.274 e. The van der Waals surface area contributed by atoms with Crippen molar-refractivity contribution in [3.05, 3.63) is 71.5 Å². The van der Waals surface area contributed by atoms with Gasteiger partial charge >= 0.3 is 0 Å². The minimum atomic E-state index is -0.0589. The number of ketones is 1. The zero-order valence-electron chi connectivity index (χ0n) is 19.7. The molecule has 0 aliphatic carbocycles. The number of benzene rings is 2. The van der Waals surface area contributed by atoms with Crippen LogP contribution in [-0.4, -0.2) is 46.3 Å². The monoisotopic (exact) mass is 457 g/mol. The van der Waals surface area contributed by atoms with Gasteiger partial charge in [-0.05, 0) is 56.4 Å². The average molecular weight is 458 g/mol. The molecular weight excluding hydrogens is 426 g/mol. The Labute approximate surface area is 200 Å². The highest BCUT2D eigenvalue weighted by molar-refractivity contribution is 5.98. The molecule has 0 bridgehead atoms. The molecule has 1 saturated heterocycles. The summed E-state index contributed by atoms with van der Waals surface area (Å²) >= 11 is 0. The topological polar surface area (TPSA) is 64.4 Å². The van der Waals surface area contributed by atoms with Crippen molar-refractivity contribution in [2.45, 2.75) is 45.1 Å². The number of carbonyl (C=O) groups is 2. The number of Topliss-reactive ketones (excluding diaryl/α,β-unsaturated/α-hetero) is 1. The van der Waals surface area contributed by atoms with Crippen LogP contribution in [0.3, 0.4) is 0 Å². The van der Waals surface area contributed by atoms with E-state index in [-0.39, 0.29) is 17.6 Å². The summed E-state index contributed by atoms with van der Waals surface area (Å²) < 4.78 is 7.45. The Morgan fingerprint density at radius 3 is 2.35 bits per heavy atom. The fourth-order valence-corrected chi connectivity index (χ4v) is 5.18. The molecule has 0 radical (unpaired) electrons. The van der Waals surface area contributed by atoms with E-state index in [0.29, 0.717) is 37.2 Å². The first-order valence-corrected chi connectivity index (χ1v) is 12.3. The maximum atomic E-state index is 13.6. The van der Waals surface area contributed by atoms with E-state index in [4.69, 9.17) is 9.72 Å². The van der Waals surface area contributed by atoms with Gasteiger partial charge in [0.25, 0.3) is 5.91 Å². The third kappa shape index (κ3) is 4.37. The number of carbonyl (C=O) groups excluding carboxylic acids is 2. The van der Waals surface area contributed by atoms with Crippen LogP contribution in [0, 0.1) is 5.92 Å². The van der Waals surface area contributed by atoms with Crippen molar-refractivity contribution in [3.8, 4) is 17.1 Å². The van der Waals surface area contributed by atoms with E-state index in [2.05, 4.69) is 16.7 Å². The molecule has 2 aromatic carbocycles. The Morgan fingerprint density at radius 1 is 0.912 bits per heavy atom. The minimum Gasteiger partial charge on any atom is -0.497 e. The lowest BCUT2D eigenvalue weighted by molar-refractivity contribution is 0.0645. The van der Waals surface area contributed by atoms with Crippen LogP contribution in [0.15, 0.2) is 54.6 Å². The second-order valence-corrected chi connectivity index (χ2v) is 9.22. The summed E-state index contributed by atoms with van der Waals surface area (Å²) in [5.41, 5.74) is 3.42. The summed E-state index contributed by atoms with van der Waals surface area (Å²) in [6, 6.07) is 17.4. The van der Waals surface area contributed by atoms with Gasteiger partial charge in [-0.25, -0.2) is 4.98 Å².